The molecule has 1 radical (unpaired) electrons. The number of rotatable bonds is 2. The Morgan fingerprint density at radius 1 is 0.846 bits per heavy atom. The fraction of sp³-hybridized carbons (Fsp3) is 0.750. The average Bonchev–Trinajstić information content (AvgIpc) is 1.82. The van der Waals surface area contributed by atoms with Crippen molar-refractivity contribution >= 4 is 6.41 Å². The Hall–Kier alpha value is -1.02. The lowest BCUT2D eigenvalue weighted by Crippen LogP contribution is -2.62. The van der Waals surface area contributed by atoms with Crippen molar-refractivity contribution < 1.29 is 35.5 Å². The van der Waals surface area contributed by atoms with Gasteiger partial charge in [-0.05, 0) is 0 Å². The molecule has 9 heteroatoms. The summed E-state index contributed by atoms with van der Waals surface area (Å²) in [6.07, 6.45) is -12.5. The minimum Gasteiger partial charge on any atom is -0.300 e. The lowest BCUT2D eigenvalue weighted by molar-refractivity contribution is -0.347. The molecule has 13 heavy (non-hydrogen) atoms. The Labute approximate surface area is 66.7 Å². The monoisotopic (exact) mass is 212 g/mol. The Kier molecular flexibility index (Phi) is 2.80. The highest BCUT2D eigenvalue weighted by molar-refractivity contribution is 5.49. The van der Waals surface area contributed by atoms with Gasteiger partial charge in [0.2, 0.25) is 0 Å². The van der Waals surface area contributed by atoms with Crippen molar-refractivity contribution in [2.24, 2.45) is 0 Å². The zero-order chi connectivity index (χ0) is 10.9. The number of alkyl halides is 7. The first kappa shape index (κ1) is 12.0. The highest BCUT2D eigenvalue weighted by Gasteiger charge is 2.73. The quantitative estimate of drug-likeness (QED) is 0.418. The molecule has 0 unspecified atom stereocenters. The molecule has 77 valence electrons. The molecule has 0 heterocycles. The van der Waals surface area contributed by atoms with Crippen molar-refractivity contribution in [3.05, 3.63) is 0 Å². The van der Waals surface area contributed by atoms with Crippen LogP contribution in [-0.4, -0.2) is 24.6 Å². The molecule has 0 saturated heterocycles. The molecule has 0 aliphatic rings. The molecule has 0 bridgehead atoms. The third-order valence-electron chi connectivity index (χ3n) is 1.00. The lowest BCUT2D eigenvalue weighted by Gasteiger charge is -2.28. The first-order valence-electron chi connectivity index (χ1n) is 2.53. The lowest BCUT2D eigenvalue weighted by atomic mass is 10.2. The molecule has 0 saturated carbocycles. The molecule has 2 nitrogen and oxygen atoms in total. The molecular weight excluding hydrogens is 211 g/mol. The van der Waals surface area contributed by atoms with Gasteiger partial charge in [0.15, 0.2) is 0 Å². The van der Waals surface area contributed by atoms with Gasteiger partial charge in [-0.25, -0.2) is 0 Å². The molecule has 0 aromatic rings. The van der Waals surface area contributed by atoms with Crippen LogP contribution in [-0.2, 0) is 4.79 Å². The van der Waals surface area contributed by atoms with Crippen LogP contribution >= 0.6 is 0 Å². The third-order valence-corrected chi connectivity index (χ3v) is 1.00. The van der Waals surface area contributed by atoms with Crippen LogP contribution in [0.2, 0.25) is 0 Å². The maximum Gasteiger partial charge on any atom is 0.451 e. The van der Waals surface area contributed by atoms with E-state index in [0.29, 0.717) is 0 Å². The predicted molar refractivity (Wildman–Crippen MR) is 24.8 cm³/mol. The number of halogens is 7. The standard InChI is InChI=1S/C4HF7NO/c5-2(12-1-13,3(6,7)8)4(9,10)11/h(H,12,13). The second kappa shape index (κ2) is 3.04. The average molecular weight is 212 g/mol. The zero-order valence-electron chi connectivity index (χ0n) is 5.55. The van der Waals surface area contributed by atoms with Crippen LogP contribution < -0.4 is 5.32 Å². The maximum atomic E-state index is 12.2. The van der Waals surface area contributed by atoms with E-state index in [1.807, 2.05) is 0 Å². The SMILES string of the molecule is O=[C]NC(F)(C(F)(F)F)C(F)(F)F. The summed E-state index contributed by atoms with van der Waals surface area (Å²) in [7, 11) is 0. The summed E-state index contributed by atoms with van der Waals surface area (Å²) in [5, 5.41) is -0.0833. The molecule has 0 aromatic heterocycles. The molecule has 1 amide bonds. The predicted octanol–water partition coefficient (Wildman–Crippen LogP) is 1.43. The summed E-state index contributed by atoms with van der Waals surface area (Å²) in [4.78, 5) is 9.24. The fourth-order valence-electron chi connectivity index (χ4n) is 0.373. The highest BCUT2D eigenvalue weighted by atomic mass is 19.4. The van der Waals surface area contributed by atoms with Crippen LogP contribution in [0.1, 0.15) is 0 Å². The minimum atomic E-state index is -6.28. The van der Waals surface area contributed by atoms with Gasteiger partial charge in [0.05, 0.1) is 0 Å². The second-order valence-electron chi connectivity index (χ2n) is 1.88. The van der Waals surface area contributed by atoms with Crippen LogP contribution in [0.5, 0.6) is 0 Å². The van der Waals surface area contributed by atoms with E-state index in [-0.39, 0.29) is 11.7 Å². The van der Waals surface area contributed by atoms with Gasteiger partial charge in [-0.2, -0.15) is 30.7 Å². The Balaban J connectivity index is 5.07. The second-order valence-corrected chi connectivity index (χ2v) is 1.88. The molecule has 0 spiro atoms. The first-order chi connectivity index (χ1) is 5.56. The first-order valence-corrected chi connectivity index (χ1v) is 2.53. The van der Waals surface area contributed by atoms with Gasteiger partial charge in [0, 0.05) is 0 Å². The summed E-state index contributed by atoms with van der Waals surface area (Å²) in [5.41, 5.74) is 0. The van der Waals surface area contributed by atoms with Crippen molar-refractivity contribution in [2.75, 3.05) is 0 Å². The van der Waals surface area contributed by atoms with Crippen LogP contribution in [0.25, 0.3) is 0 Å². The van der Waals surface area contributed by atoms with Gasteiger partial charge in [-0.1, -0.05) is 0 Å². The molecule has 0 aliphatic carbocycles. The molecule has 1 N–H and O–H groups in total. The van der Waals surface area contributed by atoms with Gasteiger partial charge < -0.3 is 5.32 Å². The van der Waals surface area contributed by atoms with E-state index in [0.717, 1.165) is 0 Å². The molecule has 0 aliphatic heterocycles. The largest absolute Gasteiger partial charge is 0.451 e. The van der Waals surface area contributed by atoms with Crippen LogP contribution in [0, 0.1) is 0 Å². The number of nitrogens with one attached hydrogen (secondary N) is 1. The Morgan fingerprint density at radius 2 is 1.15 bits per heavy atom. The number of amides is 1. The summed E-state index contributed by atoms with van der Waals surface area (Å²) in [6, 6.07) is 0. The smallest absolute Gasteiger partial charge is 0.300 e. The van der Waals surface area contributed by atoms with Crippen LogP contribution in [0.3, 0.4) is 0 Å². The number of hydrogen-bond acceptors (Lipinski definition) is 1. The fourth-order valence-corrected chi connectivity index (χ4v) is 0.373. The van der Waals surface area contributed by atoms with E-state index in [1.54, 1.807) is 0 Å². The summed E-state index contributed by atoms with van der Waals surface area (Å²) in [6.45, 7) is 0. The van der Waals surface area contributed by atoms with Gasteiger partial charge in [-0.15, -0.1) is 0 Å². The van der Waals surface area contributed by atoms with Gasteiger partial charge in [-0.3, -0.25) is 4.79 Å². The van der Waals surface area contributed by atoms with E-state index in [1.165, 1.54) is 0 Å². The van der Waals surface area contributed by atoms with Gasteiger partial charge in [0.25, 0.3) is 0 Å². The zero-order valence-corrected chi connectivity index (χ0v) is 5.55. The van der Waals surface area contributed by atoms with E-state index < -0.39 is 18.1 Å². The maximum absolute atomic E-state index is 12.2. The van der Waals surface area contributed by atoms with E-state index in [4.69, 9.17) is 0 Å². The molecule has 0 aromatic carbocycles. The number of hydrogen-bond donors (Lipinski definition) is 1. The summed E-state index contributed by atoms with van der Waals surface area (Å²) < 4.78 is 80.9. The summed E-state index contributed by atoms with van der Waals surface area (Å²) in [5.74, 6) is -5.75. The number of carbonyl (C=O) groups excluding carboxylic acids is 1. The van der Waals surface area contributed by atoms with Crippen molar-refractivity contribution in [3.63, 3.8) is 0 Å². The van der Waals surface area contributed by atoms with Gasteiger partial charge >= 0.3 is 24.6 Å². The Bertz CT molecular complexity index is 180. The van der Waals surface area contributed by atoms with Crippen molar-refractivity contribution in [1.29, 1.82) is 0 Å². The highest BCUT2D eigenvalue weighted by Crippen LogP contribution is 2.43. The normalized spacial score (nSPS) is 14.1. The minimum absolute atomic E-state index is 0.00639. The third kappa shape index (κ3) is 2.01. The van der Waals surface area contributed by atoms with Crippen LogP contribution in [0.4, 0.5) is 30.7 Å². The molecule has 0 fully saturated rings. The van der Waals surface area contributed by atoms with Gasteiger partial charge in [0.1, 0.15) is 0 Å². The molecular formula is C4HF7NO. The molecule has 0 rings (SSSR count). The van der Waals surface area contributed by atoms with E-state index in [9.17, 15) is 35.5 Å². The Morgan fingerprint density at radius 3 is 1.23 bits per heavy atom. The molecule has 0 atom stereocenters. The topological polar surface area (TPSA) is 29.1 Å². The van der Waals surface area contributed by atoms with Crippen molar-refractivity contribution in [3.8, 4) is 0 Å². The summed E-state index contributed by atoms with van der Waals surface area (Å²) >= 11 is 0. The van der Waals surface area contributed by atoms with E-state index >= 15 is 0 Å². The van der Waals surface area contributed by atoms with E-state index in [2.05, 4.69) is 0 Å². The van der Waals surface area contributed by atoms with Crippen molar-refractivity contribution in [1.82, 2.24) is 5.32 Å². The van der Waals surface area contributed by atoms with Crippen molar-refractivity contribution in [2.45, 2.75) is 18.1 Å². The van der Waals surface area contributed by atoms with Crippen LogP contribution in [0.15, 0.2) is 0 Å².